The third kappa shape index (κ3) is 6.48. The van der Waals surface area contributed by atoms with E-state index in [1.54, 1.807) is 34.6 Å². The summed E-state index contributed by atoms with van der Waals surface area (Å²) in [5.41, 5.74) is 0.240. The SMILES string of the molecule is CCOC(=O)c1c(NC(=O)C=Cc2ccc([N+](=O)[O-])cc2)sc(C(=O)OC(C)(C)C)c1C. The van der Waals surface area contributed by atoms with Crippen LogP contribution in [0.1, 0.15) is 58.9 Å². The zero-order chi connectivity index (χ0) is 24.1. The van der Waals surface area contributed by atoms with Crippen LogP contribution in [0.25, 0.3) is 6.08 Å². The van der Waals surface area contributed by atoms with Crippen LogP contribution in [0.3, 0.4) is 0 Å². The summed E-state index contributed by atoms with van der Waals surface area (Å²) < 4.78 is 10.5. The number of nitrogens with zero attached hydrogens (tertiary/aromatic N) is 1. The van der Waals surface area contributed by atoms with Gasteiger partial charge in [0.15, 0.2) is 0 Å². The summed E-state index contributed by atoms with van der Waals surface area (Å²) in [5.74, 6) is -1.82. The molecule has 170 valence electrons. The molecule has 1 amide bonds. The van der Waals surface area contributed by atoms with Crippen molar-refractivity contribution in [1.29, 1.82) is 0 Å². The van der Waals surface area contributed by atoms with Crippen LogP contribution in [0.15, 0.2) is 30.3 Å². The smallest absolute Gasteiger partial charge is 0.349 e. The van der Waals surface area contributed by atoms with Gasteiger partial charge in [-0.25, -0.2) is 9.59 Å². The third-order valence-electron chi connectivity index (χ3n) is 3.98. The van der Waals surface area contributed by atoms with Crippen molar-refractivity contribution in [1.82, 2.24) is 0 Å². The van der Waals surface area contributed by atoms with Gasteiger partial charge in [0, 0.05) is 18.2 Å². The molecule has 0 aliphatic heterocycles. The number of anilines is 1. The van der Waals surface area contributed by atoms with Crippen LogP contribution in [0.2, 0.25) is 0 Å². The molecule has 0 saturated carbocycles. The van der Waals surface area contributed by atoms with Crippen LogP contribution in [-0.2, 0) is 14.3 Å². The van der Waals surface area contributed by atoms with Crippen LogP contribution >= 0.6 is 11.3 Å². The number of amides is 1. The molecular formula is C22H24N2O7S. The average Bonchev–Trinajstić information content (AvgIpc) is 3.01. The van der Waals surface area contributed by atoms with E-state index < -0.39 is 28.4 Å². The van der Waals surface area contributed by atoms with E-state index in [-0.39, 0.29) is 27.7 Å². The molecule has 0 unspecified atom stereocenters. The van der Waals surface area contributed by atoms with E-state index in [1.165, 1.54) is 36.4 Å². The minimum atomic E-state index is -0.728. The molecular weight excluding hydrogens is 436 g/mol. The van der Waals surface area contributed by atoms with Crippen molar-refractivity contribution in [2.45, 2.75) is 40.2 Å². The predicted octanol–water partition coefficient (Wildman–Crippen LogP) is 4.75. The molecule has 0 saturated heterocycles. The largest absolute Gasteiger partial charge is 0.462 e. The Bertz CT molecular complexity index is 1060. The monoisotopic (exact) mass is 460 g/mol. The van der Waals surface area contributed by atoms with E-state index in [1.807, 2.05) is 0 Å². The van der Waals surface area contributed by atoms with Gasteiger partial charge in [-0.1, -0.05) is 0 Å². The molecule has 0 aliphatic rings. The number of carbonyl (C=O) groups is 3. The van der Waals surface area contributed by atoms with Crippen LogP contribution in [0.5, 0.6) is 0 Å². The Hall–Kier alpha value is -3.53. The van der Waals surface area contributed by atoms with Gasteiger partial charge in [-0.2, -0.15) is 0 Å². The summed E-state index contributed by atoms with van der Waals surface area (Å²) in [6.45, 7) is 8.55. The summed E-state index contributed by atoms with van der Waals surface area (Å²) >= 11 is 0.928. The summed E-state index contributed by atoms with van der Waals surface area (Å²) in [6.07, 6.45) is 2.69. The quantitative estimate of drug-likeness (QED) is 0.274. The molecule has 9 nitrogen and oxygen atoms in total. The lowest BCUT2D eigenvalue weighted by atomic mass is 10.1. The molecule has 1 aromatic carbocycles. The number of thiophene rings is 1. The number of benzene rings is 1. The topological polar surface area (TPSA) is 125 Å². The lowest BCUT2D eigenvalue weighted by Gasteiger charge is -2.19. The summed E-state index contributed by atoms with van der Waals surface area (Å²) in [4.78, 5) is 47.9. The average molecular weight is 461 g/mol. The highest BCUT2D eigenvalue weighted by Crippen LogP contribution is 2.35. The molecule has 1 N–H and O–H groups in total. The van der Waals surface area contributed by atoms with Crippen LogP contribution in [-0.4, -0.2) is 35.0 Å². The van der Waals surface area contributed by atoms with E-state index in [0.29, 0.717) is 11.1 Å². The van der Waals surface area contributed by atoms with Crippen molar-refractivity contribution >= 4 is 45.9 Å². The summed E-state index contributed by atoms with van der Waals surface area (Å²) in [5, 5.41) is 13.5. The first-order valence-corrected chi connectivity index (χ1v) is 10.5. The summed E-state index contributed by atoms with van der Waals surface area (Å²) in [6, 6.07) is 5.65. The molecule has 0 radical (unpaired) electrons. The molecule has 32 heavy (non-hydrogen) atoms. The minimum absolute atomic E-state index is 0.0607. The second-order valence-corrected chi connectivity index (χ2v) is 8.67. The Labute approximate surface area is 189 Å². The number of nitro benzene ring substituents is 1. The van der Waals surface area contributed by atoms with Crippen LogP contribution < -0.4 is 5.32 Å². The van der Waals surface area contributed by atoms with Crippen LogP contribution in [0.4, 0.5) is 10.7 Å². The molecule has 2 aromatic rings. The first-order chi connectivity index (χ1) is 14.9. The van der Waals surface area contributed by atoms with Crippen molar-refractivity contribution in [3.05, 3.63) is 62.0 Å². The van der Waals surface area contributed by atoms with Crippen molar-refractivity contribution in [2.24, 2.45) is 0 Å². The Balaban J connectivity index is 2.29. The maximum atomic E-state index is 12.6. The number of hydrogen-bond acceptors (Lipinski definition) is 8. The van der Waals surface area contributed by atoms with E-state index in [9.17, 15) is 24.5 Å². The standard InChI is InChI=1S/C22H24N2O7S/c1-6-30-20(26)17-13(2)18(21(27)31-22(3,4)5)32-19(17)23-16(25)12-9-14-7-10-15(11-8-14)24(28)29/h7-12H,6H2,1-5H3,(H,23,25). The number of carbonyl (C=O) groups excluding carboxylic acids is 3. The molecule has 0 bridgehead atoms. The van der Waals surface area contributed by atoms with Gasteiger partial charge in [0.1, 0.15) is 15.5 Å². The Morgan fingerprint density at radius 1 is 1.16 bits per heavy atom. The van der Waals surface area contributed by atoms with Gasteiger partial charge in [-0.05, 0) is 64.0 Å². The van der Waals surface area contributed by atoms with Gasteiger partial charge in [0.25, 0.3) is 5.69 Å². The zero-order valence-electron chi connectivity index (χ0n) is 18.4. The first-order valence-electron chi connectivity index (χ1n) is 9.70. The maximum absolute atomic E-state index is 12.6. The molecule has 10 heteroatoms. The number of non-ortho nitro benzene ring substituents is 1. The molecule has 0 aliphatic carbocycles. The molecule has 1 heterocycles. The number of nitro groups is 1. The highest BCUT2D eigenvalue weighted by Gasteiger charge is 2.29. The lowest BCUT2D eigenvalue weighted by molar-refractivity contribution is -0.384. The number of esters is 2. The predicted molar refractivity (Wildman–Crippen MR) is 121 cm³/mol. The van der Waals surface area contributed by atoms with Gasteiger partial charge < -0.3 is 14.8 Å². The van der Waals surface area contributed by atoms with Gasteiger partial charge in [-0.3, -0.25) is 14.9 Å². The fraction of sp³-hybridized carbons (Fsp3) is 0.318. The zero-order valence-corrected chi connectivity index (χ0v) is 19.2. The molecule has 1 aromatic heterocycles. The van der Waals surface area contributed by atoms with E-state index >= 15 is 0 Å². The Kier molecular flexibility index (Phi) is 7.87. The highest BCUT2D eigenvalue weighted by molar-refractivity contribution is 7.18. The molecule has 0 spiro atoms. The molecule has 2 rings (SSSR count). The van der Waals surface area contributed by atoms with E-state index in [4.69, 9.17) is 9.47 Å². The fourth-order valence-electron chi connectivity index (χ4n) is 2.60. The summed E-state index contributed by atoms with van der Waals surface area (Å²) in [7, 11) is 0. The van der Waals surface area contributed by atoms with Gasteiger partial charge >= 0.3 is 11.9 Å². The minimum Gasteiger partial charge on any atom is -0.462 e. The Morgan fingerprint density at radius 2 is 1.78 bits per heavy atom. The number of nitrogens with one attached hydrogen (secondary N) is 1. The van der Waals surface area contributed by atoms with Crippen molar-refractivity contribution in [2.75, 3.05) is 11.9 Å². The number of ether oxygens (including phenoxy) is 2. The lowest BCUT2D eigenvalue weighted by Crippen LogP contribution is -2.23. The van der Waals surface area contributed by atoms with Crippen LogP contribution in [0, 0.1) is 17.0 Å². The Morgan fingerprint density at radius 3 is 2.31 bits per heavy atom. The second-order valence-electron chi connectivity index (χ2n) is 7.65. The van der Waals surface area contributed by atoms with E-state index in [0.717, 1.165) is 11.3 Å². The van der Waals surface area contributed by atoms with E-state index in [2.05, 4.69) is 5.32 Å². The first kappa shape index (κ1) is 24.7. The number of rotatable bonds is 7. The normalized spacial score (nSPS) is 11.3. The van der Waals surface area contributed by atoms with Gasteiger partial charge in [-0.15, -0.1) is 11.3 Å². The van der Waals surface area contributed by atoms with Crippen molar-refractivity contribution in [3.8, 4) is 0 Å². The van der Waals surface area contributed by atoms with Gasteiger partial charge in [0.2, 0.25) is 5.91 Å². The highest BCUT2D eigenvalue weighted by atomic mass is 32.1. The molecule has 0 atom stereocenters. The second kappa shape index (κ2) is 10.2. The van der Waals surface area contributed by atoms with Crippen molar-refractivity contribution in [3.63, 3.8) is 0 Å². The maximum Gasteiger partial charge on any atom is 0.349 e. The van der Waals surface area contributed by atoms with Crippen molar-refractivity contribution < 1.29 is 28.8 Å². The molecule has 0 fully saturated rings. The third-order valence-corrected chi connectivity index (χ3v) is 5.17. The van der Waals surface area contributed by atoms with Gasteiger partial charge in [0.05, 0.1) is 17.1 Å². The fourth-order valence-corrected chi connectivity index (χ4v) is 3.68. The number of hydrogen-bond donors (Lipinski definition) is 1.